The third-order valence-electron chi connectivity index (χ3n) is 4.76. The van der Waals surface area contributed by atoms with Crippen LogP contribution in [0.25, 0.3) is 0 Å². The number of rotatable bonds is 4. The van der Waals surface area contributed by atoms with Gasteiger partial charge < -0.3 is 9.80 Å². The number of hydrogen-bond acceptors (Lipinski definition) is 4. The minimum Gasteiger partial charge on any atom is -0.343 e. The highest BCUT2D eigenvalue weighted by atomic mass is 19.1. The van der Waals surface area contributed by atoms with Crippen molar-refractivity contribution in [2.75, 3.05) is 27.2 Å². The molecule has 8 heteroatoms. The largest absolute Gasteiger partial charge is 0.343 e. The molecule has 1 saturated heterocycles. The highest BCUT2D eigenvalue weighted by Gasteiger charge is 2.26. The Labute approximate surface area is 162 Å². The van der Waals surface area contributed by atoms with Crippen molar-refractivity contribution in [1.82, 2.24) is 19.8 Å². The zero-order chi connectivity index (χ0) is 20.3. The van der Waals surface area contributed by atoms with E-state index in [-0.39, 0.29) is 23.3 Å². The minimum absolute atomic E-state index is 0.0130. The molecule has 28 heavy (non-hydrogen) atoms. The molecule has 2 heterocycles. The fourth-order valence-corrected chi connectivity index (χ4v) is 3.43. The van der Waals surface area contributed by atoms with Crippen molar-refractivity contribution in [2.45, 2.75) is 19.3 Å². The van der Waals surface area contributed by atoms with Crippen LogP contribution in [0.15, 0.2) is 30.6 Å². The van der Waals surface area contributed by atoms with Crippen molar-refractivity contribution in [2.24, 2.45) is 5.92 Å². The van der Waals surface area contributed by atoms with Crippen molar-refractivity contribution in [3.63, 3.8) is 0 Å². The predicted molar refractivity (Wildman–Crippen MR) is 98.7 cm³/mol. The molecule has 0 radical (unpaired) electrons. The molecule has 0 N–H and O–H groups in total. The van der Waals surface area contributed by atoms with Gasteiger partial charge in [-0.3, -0.25) is 9.59 Å². The third-order valence-corrected chi connectivity index (χ3v) is 4.76. The summed E-state index contributed by atoms with van der Waals surface area (Å²) in [4.78, 5) is 36.0. The summed E-state index contributed by atoms with van der Waals surface area (Å²) in [5.74, 6) is -1.97. The molecule has 1 aliphatic heterocycles. The first kappa shape index (κ1) is 19.9. The van der Waals surface area contributed by atoms with Crippen molar-refractivity contribution in [3.05, 3.63) is 59.2 Å². The van der Waals surface area contributed by atoms with Gasteiger partial charge in [0.25, 0.3) is 11.8 Å². The molecule has 2 amide bonds. The Hall–Kier alpha value is -2.90. The lowest BCUT2D eigenvalue weighted by molar-refractivity contribution is 0.0671. The van der Waals surface area contributed by atoms with Crippen LogP contribution in [-0.2, 0) is 6.42 Å². The zero-order valence-electron chi connectivity index (χ0n) is 15.9. The second kappa shape index (κ2) is 8.41. The van der Waals surface area contributed by atoms with Crippen molar-refractivity contribution >= 4 is 11.8 Å². The summed E-state index contributed by atoms with van der Waals surface area (Å²) in [5.41, 5.74) is 1.07. The first-order valence-electron chi connectivity index (χ1n) is 9.11. The lowest BCUT2D eigenvalue weighted by Crippen LogP contribution is -2.40. The van der Waals surface area contributed by atoms with Gasteiger partial charge in [0, 0.05) is 44.5 Å². The highest BCUT2D eigenvalue weighted by molar-refractivity contribution is 5.94. The van der Waals surface area contributed by atoms with E-state index in [4.69, 9.17) is 0 Å². The number of halogens is 2. The third kappa shape index (κ3) is 4.68. The maximum atomic E-state index is 13.4. The maximum absolute atomic E-state index is 13.4. The van der Waals surface area contributed by atoms with Gasteiger partial charge in [-0.2, -0.15) is 0 Å². The standard InChI is InChI=1S/C20H22F2N4O2/c1-25(2)20(28)18-10-17(23-12-24-18)6-13-4-3-5-26(11-13)19(27)14-7-15(21)9-16(22)8-14/h7-10,12-13H,3-6,11H2,1-2H3. The van der Waals surface area contributed by atoms with E-state index in [0.29, 0.717) is 25.2 Å². The number of likely N-dealkylation sites (tertiary alicyclic amines) is 1. The summed E-state index contributed by atoms with van der Waals surface area (Å²) in [6.07, 6.45) is 3.66. The van der Waals surface area contributed by atoms with E-state index in [2.05, 4.69) is 9.97 Å². The number of nitrogens with zero attached hydrogens (tertiary/aromatic N) is 4. The predicted octanol–water partition coefficient (Wildman–Crippen LogP) is 2.55. The van der Waals surface area contributed by atoms with Gasteiger partial charge in [-0.25, -0.2) is 18.7 Å². The second-order valence-electron chi connectivity index (χ2n) is 7.22. The highest BCUT2D eigenvalue weighted by Crippen LogP contribution is 2.22. The van der Waals surface area contributed by atoms with E-state index in [9.17, 15) is 18.4 Å². The van der Waals surface area contributed by atoms with Gasteiger partial charge in [0.05, 0.1) is 0 Å². The number of benzene rings is 1. The van der Waals surface area contributed by atoms with Gasteiger partial charge >= 0.3 is 0 Å². The molecule has 0 aliphatic carbocycles. The molecule has 1 unspecified atom stereocenters. The Bertz CT molecular complexity index is 868. The Kier molecular flexibility index (Phi) is 5.96. The summed E-state index contributed by atoms with van der Waals surface area (Å²) >= 11 is 0. The summed E-state index contributed by atoms with van der Waals surface area (Å²) in [5, 5.41) is 0. The number of carbonyl (C=O) groups excluding carboxylic acids is 2. The molecule has 1 fully saturated rings. The molecule has 1 aliphatic rings. The van der Waals surface area contributed by atoms with Crippen LogP contribution in [0.3, 0.4) is 0 Å². The molecule has 1 aromatic carbocycles. The van der Waals surface area contributed by atoms with Crippen LogP contribution in [0.1, 0.15) is 39.4 Å². The normalized spacial score (nSPS) is 16.7. The van der Waals surface area contributed by atoms with Crippen LogP contribution < -0.4 is 0 Å². The van der Waals surface area contributed by atoms with Gasteiger partial charge in [0.15, 0.2) is 0 Å². The van der Waals surface area contributed by atoms with Crippen LogP contribution in [0.4, 0.5) is 8.78 Å². The van der Waals surface area contributed by atoms with Gasteiger partial charge in [-0.15, -0.1) is 0 Å². The maximum Gasteiger partial charge on any atom is 0.272 e. The van der Waals surface area contributed by atoms with Crippen LogP contribution in [0.5, 0.6) is 0 Å². The molecular formula is C20H22F2N4O2. The van der Waals surface area contributed by atoms with Gasteiger partial charge in [0.2, 0.25) is 0 Å². The summed E-state index contributed by atoms with van der Waals surface area (Å²) in [6.45, 7) is 1.01. The molecule has 0 spiro atoms. The Balaban J connectivity index is 1.69. The zero-order valence-corrected chi connectivity index (χ0v) is 15.9. The monoisotopic (exact) mass is 388 g/mol. The topological polar surface area (TPSA) is 66.4 Å². The molecule has 0 saturated carbocycles. The SMILES string of the molecule is CN(C)C(=O)c1cc(CC2CCCN(C(=O)c3cc(F)cc(F)c3)C2)ncn1. The average Bonchev–Trinajstić information content (AvgIpc) is 2.66. The van der Waals surface area contributed by atoms with E-state index >= 15 is 0 Å². The summed E-state index contributed by atoms with van der Waals surface area (Å²) < 4.78 is 26.8. The van der Waals surface area contributed by atoms with E-state index in [1.807, 2.05) is 0 Å². The smallest absolute Gasteiger partial charge is 0.272 e. The Morgan fingerprint density at radius 2 is 1.86 bits per heavy atom. The van der Waals surface area contributed by atoms with Gasteiger partial charge in [0.1, 0.15) is 23.7 Å². The molecule has 1 atom stereocenters. The number of aromatic nitrogens is 2. The number of hydrogen-bond donors (Lipinski definition) is 0. The van der Waals surface area contributed by atoms with E-state index in [1.54, 1.807) is 25.1 Å². The number of amides is 2. The molecule has 0 bridgehead atoms. The Morgan fingerprint density at radius 1 is 1.14 bits per heavy atom. The fraction of sp³-hybridized carbons (Fsp3) is 0.400. The first-order chi connectivity index (χ1) is 13.3. The number of piperidine rings is 1. The minimum atomic E-state index is -0.768. The van der Waals surface area contributed by atoms with Gasteiger partial charge in [-0.05, 0) is 43.4 Å². The van der Waals surface area contributed by atoms with E-state index < -0.39 is 11.6 Å². The molecule has 2 aromatic rings. The van der Waals surface area contributed by atoms with E-state index in [0.717, 1.165) is 36.7 Å². The molecule has 6 nitrogen and oxygen atoms in total. The summed E-state index contributed by atoms with van der Waals surface area (Å²) in [6, 6.07) is 4.53. The summed E-state index contributed by atoms with van der Waals surface area (Å²) in [7, 11) is 3.31. The first-order valence-corrected chi connectivity index (χ1v) is 9.11. The van der Waals surface area contributed by atoms with Crippen LogP contribution in [-0.4, -0.2) is 58.8 Å². The number of carbonyl (C=O) groups is 2. The molecular weight excluding hydrogens is 366 g/mol. The van der Waals surface area contributed by atoms with Crippen LogP contribution >= 0.6 is 0 Å². The van der Waals surface area contributed by atoms with Gasteiger partial charge in [-0.1, -0.05) is 0 Å². The lowest BCUT2D eigenvalue weighted by atomic mass is 9.92. The second-order valence-corrected chi connectivity index (χ2v) is 7.22. The molecule has 148 valence electrons. The Morgan fingerprint density at radius 3 is 2.54 bits per heavy atom. The molecule has 3 rings (SSSR count). The van der Waals surface area contributed by atoms with Crippen LogP contribution in [0, 0.1) is 17.6 Å². The van der Waals surface area contributed by atoms with Crippen LogP contribution in [0.2, 0.25) is 0 Å². The quantitative estimate of drug-likeness (QED) is 0.807. The van der Waals surface area contributed by atoms with Crippen molar-refractivity contribution in [3.8, 4) is 0 Å². The van der Waals surface area contributed by atoms with Crippen molar-refractivity contribution in [1.29, 1.82) is 0 Å². The van der Waals surface area contributed by atoms with E-state index in [1.165, 1.54) is 11.2 Å². The van der Waals surface area contributed by atoms with Crippen molar-refractivity contribution < 1.29 is 18.4 Å². The lowest BCUT2D eigenvalue weighted by Gasteiger charge is -2.32. The fourth-order valence-electron chi connectivity index (χ4n) is 3.43. The molecule has 1 aromatic heterocycles. The average molecular weight is 388 g/mol.